The number of hydrogen-bond acceptors (Lipinski definition) is 2. The van der Waals surface area contributed by atoms with Gasteiger partial charge in [-0.1, -0.05) is 30.7 Å². The zero-order valence-electron chi connectivity index (χ0n) is 10.2. The van der Waals surface area contributed by atoms with E-state index < -0.39 is 0 Å². The lowest BCUT2D eigenvalue weighted by Crippen LogP contribution is -2.29. The Labute approximate surface area is 98.4 Å². The SMILES string of the molecule is CN(Cc1cccc(CN)c1)CC1CCC1. The Balaban J connectivity index is 1.86. The predicted octanol–water partition coefficient (Wildman–Crippen LogP) is 2.38. The molecule has 2 rings (SSSR count). The first-order valence-electron chi connectivity index (χ1n) is 6.24. The molecule has 0 saturated heterocycles. The number of benzene rings is 1. The smallest absolute Gasteiger partial charge is 0.0230 e. The van der Waals surface area contributed by atoms with Gasteiger partial charge in [-0.2, -0.15) is 0 Å². The molecule has 1 fully saturated rings. The Morgan fingerprint density at radius 2 is 2.06 bits per heavy atom. The number of rotatable bonds is 5. The molecule has 0 bridgehead atoms. The Kier molecular flexibility index (Phi) is 3.97. The van der Waals surface area contributed by atoms with Crippen molar-refractivity contribution in [2.24, 2.45) is 11.7 Å². The molecule has 0 aromatic heterocycles. The summed E-state index contributed by atoms with van der Waals surface area (Å²) in [6.07, 6.45) is 4.28. The molecule has 1 aromatic carbocycles. The summed E-state index contributed by atoms with van der Waals surface area (Å²) in [7, 11) is 2.22. The second-order valence-corrected chi connectivity index (χ2v) is 5.02. The highest BCUT2D eigenvalue weighted by Gasteiger charge is 2.18. The predicted molar refractivity (Wildman–Crippen MR) is 68.0 cm³/mol. The van der Waals surface area contributed by atoms with Crippen molar-refractivity contribution in [3.63, 3.8) is 0 Å². The van der Waals surface area contributed by atoms with Gasteiger partial charge in [-0.25, -0.2) is 0 Å². The van der Waals surface area contributed by atoms with E-state index in [0.717, 1.165) is 12.5 Å². The van der Waals surface area contributed by atoms with E-state index in [-0.39, 0.29) is 0 Å². The highest BCUT2D eigenvalue weighted by molar-refractivity contribution is 5.23. The van der Waals surface area contributed by atoms with Crippen molar-refractivity contribution in [3.8, 4) is 0 Å². The first-order valence-corrected chi connectivity index (χ1v) is 6.24. The molecule has 0 atom stereocenters. The molecule has 1 aliphatic carbocycles. The third kappa shape index (κ3) is 3.06. The van der Waals surface area contributed by atoms with E-state index in [1.165, 1.54) is 36.9 Å². The Hall–Kier alpha value is -0.860. The average molecular weight is 218 g/mol. The minimum absolute atomic E-state index is 0.639. The van der Waals surface area contributed by atoms with Crippen LogP contribution in [0.5, 0.6) is 0 Å². The summed E-state index contributed by atoms with van der Waals surface area (Å²) in [5.74, 6) is 0.947. The molecule has 0 unspecified atom stereocenters. The van der Waals surface area contributed by atoms with Gasteiger partial charge < -0.3 is 10.6 Å². The lowest BCUT2D eigenvalue weighted by atomic mass is 9.85. The molecule has 0 amide bonds. The van der Waals surface area contributed by atoms with Crippen LogP contribution < -0.4 is 5.73 Å². The maximum absolute atomic E-state index is 5.65. The maximum atomic E-state index is 5.65. The van der Waals surface area contributed by atoms with E-state index >= 15 is 0 Å². The van der Waals surface area contributed by atoms with Crippen LogP contribution in [0.25, 0.3) is 0 Å². The molecule has 0 aliphatic heterocycles. The Bertz CT molecular complexity index is 331. The maximum Gasteiger partial charge on any atom is 0.0230 e. The van der Waals surface area contributed by atoms with E-state index in [1.807, 2.05) is 0 Å². The van der Waals surface area contributed by atoms with Crippen molar-refractivity contribution in [2.75, 3.05) is 13.6 Å². The lowest BCUT2D eigenvalue weighted by molar-refractivity contribution is 0.200. The Morgan fingerprint density at radius 3 is 2.69 bits per heavy atom. The third-order valence-corrected chi connectivity index (χ3v) is 3.47. The lowest BCUT2D eigenvalue weighted by Gasteiger charge is -2.30. The largest absolute Gasteiger partial charge is 0.326 e. The zero-order chi connectivity index (χ0) is 11.4. The molecule has 16 heavy (non-hydrogen) atoms. The second kappa shape index (κ2) is 5.46. The van der Waals surface area contributed by atoms with Crippen molar-refractivity contribution >= 4 is 0 Å². The summed E-state index contributed by atoms with van der Waals surface area (Å²) >= 11 is 0. The fourth-order valence-corrected chi connectivity index (χ4v) is 2.35. The summed E-state index contributed by atoms with van der Waals surface area (Å²) in [6, 6.07) is 8.61. The van der Waals surface area contributed by atoms with Crippen LogP contribution in [-0.2, 0) is 13.1 Å². The number of hydrogen-bond donors (Lipinski definition) is 1. The van der Waals surface area contributed by atoms with Gasteiger partial charge in [0.25, 0.3) is 0 Å². The van der Waals surface area contributed by atoms with E-state index in [0.29, 0.717) is 6.54 Å². The quantitative estimate of drug-likeness (QED) is 0.822. The molecule has 2 nitrogen and oxygen atoms in total. The van der Waals surface area contributed by atoms with E-state index in [4.69, 9.17) is 5.73 Å². The fraction of sp³-hybridized carbons (Fsp3) is 0.571. The second-order valence-electron chi connectivity index (χ2n) is 5.02. The third-order valence-electron chi connectivity index (χ3n) is 3.47. The highest BCUT2D eigenvalue weighted by Crippen LogP contribution is 2.27. The van der Waals surface area contributed by atoms with Crippen LogP contribution in [0.3, 0.4) is 0 Å². The molecule has 2 heteroatoms. The molecule has 0 radical (unpaired) electrons. The zero-order valence-corrected chi connectivity index (χ0v) is 10.2. The van der Waals surface area contributed by atoms with Gasteiger partial charge in [0.05, 0.1) is 0 Å². The molecule has 1 aromatic rings. The van der Waals surface area contributed by atoms with Crippen LogP contribution in [0.2, 0.25) is 0 Å². The first-order chi connectivity index (χ1) is 7.78. The summed E-state index contributed by atoms with van der Waals surface area (Å²) in [6.45, 7) is 2.93. The number of nitrogens with two attached hydrogens (primary N) is 1. The molecule has 2 N–H and O–H groups in total. The summed E-state index contributed by atoms with van der Waals surface area (Å²) in [5.41, 5.74) is 8.26. The normalized spacial score (nSPS) is 16.4. The van der Waals surface area contributed by atoms with Gasteiger partial charge in [0, 0.05) is 19.6 Å². The molecule has 0 heterocycles. The minimum atomic E-state index is 0.639. The van der Waals surface area contributed by atoms with Crippen molar-refractivity contribution < 1.29 is 0 Å². The summed E-state index contributed by atoms with van der Waals surface area (Å²) < 4.78 is 0. The standard InChI is InChI=1S/C14H22N2/c1-16(10-12-4-2-5-12)11-14-7-3-6-13(8-14)9-15/h3,6-8,12H,2,4-5,9-11,15H2,1H3. The monoisotopic (exact) mass is 218 g/mol. The van der Waals surface area contributed by atoms with Gasteiger partial charge in [0.2, 0.25) is 0 Å². The summed E-state index contributed by atoms with van der Waals surface area (Å²) in [4.78, 5) is 2.43. The van der Waals surface area contributed by atoms with Gasteiger partial charge >= 0.3 is 0 Å². The van der Waals surface area contributed by atoms with Crippen molar-refractivity contribution in [3.05, 3.63) is 35.4 Å². The van der Waals surface area contributed by atoms with Crippen molar-refractivity contribution in [1.82, 2.24) is 4.90 Å². The highest BCUT2D eigenvalue weighted by atomic mass is 15.1. The molecule has 88 valence electrons. The molecule has 1 saturated carbocycles. The van der Waals surface area contributed by atoms with Crippen LogP contribution in [0.1, 0.15) is 30.4 Å². The Morgan fingerprint density at radius 1 is 1.31 bits per heavy atom. The van der Waals surface area contributed by atoms with E-state index in [2.05, 4.69) is 36.2 Å². The topological polar surface area (TPSA) is 29.3 Å². The number of nitrogens with zero attached hydrogens (tertiary/aromatic N) is 1. The van der Waals surface area contributed by atoms with Crippen LogP contribution in [-0.4, -0.2) is 18.5 Å². The minimum Gasteiger partial charge on any atom is -0.326 e. The fourth-order valence-electron chi connectivity index (χ4n) is 2.35. The van der Waals surface area contributed by atoms with Gasteiger partial charge in [-0.05, 0) is 36.9 Å². The van der Waals surface area contributed by atoms with E-state index in [1.54, 1.807) is 0 Å². The van der Waals surface area contributed by atoms with Crippen LogP contribution >= 0.6 is 0 Å². The van der Waals surface area contributed by atoms with Gasteiger partial charge in [-0.15, -0.1) is 0 Å². The molecular formula is C14H22N2. The van der Waals surface area contributed by atoms with Gasteiger partial charge in [0.1, 0.15) is 0 Å². The van der Waals surface area contributed by atoms with Crippen molar-refractivity contribution in [2.45, 2.75) is 32.4 Å². The van der Waals surface area contributed by atoms with Gasteiger partial charge in [0.15, 0.2) is 0 Å². The molecule has 0 spiro atoms. The van der Waals surface area contributed by atoms with E-state index in [9.17, 15) is 0 Å². The first kappa shape index (κ1) is 11.6. The van der Waals surface area contributed by atoms with Gasteiger partial charge in [-0.3, -0.25) is 0 Å². The van der Waals surface area contributed by atoms with Crippen molar-refractivity contribution in [1.29, 1.82) is 0 Å². The summed E-state index contributed by atoms with van der Waals surface area (Å²) in [5, 5.41) is 0. The van der Waals surface area contributed by atoms with Crippen LogP contribution in [0.15, 0.2) is 24.3 Å². The van der Waals surface area contributed by atoms with Crippen LogP contribution in [0.4, 0.5) is 0 Å². The molecular weight excluding hydrogens is 196 g/mol. The average Bonchev–Trinajstić information content (AvgIpc) is 2.24. The molecule has 1 aliphatic rings. The van der Waals surface area contributed by atoms with Crippen LogP contribution in [0, 0.1) is 5.92 Å².